The lowest BCUT2D eigenvalue weighted by atomic mass is 10.1. The fourth-order valence-electron chi connectivity index (χ4n) is 1.78. The molecule has 0 unspecified atom stereocenters. The van der Waals surface area contributed by atoms with Crippen molar-refractivity contribution >= 4 is 15.8 Å². The number of primary sulfonamides is 1. The first-order valence-corrected chi connectivity index (χ1v) is 7.74. The van der Waals surface area contributed by atoms with Gasteiger partial charge >= 0.3 is 0 Å². The van der Waals surface area contributed by atoms with Gasteiger partial charge in [0.25, 0.3) is 0 Å². The number of carbonyl (C=O) groups excluding carboxylic acids is 1. The summed E-state index contributed by atoms with van der Waals surface area (Å²) in [5.41, 5.74) is 1.25. The summed E-state index contributed by atoms with van der Waals surface area (Å²) in [6.45, 7) is 3.29. The minimum atomic E-state index is -3.86. The van der Waals surface area contributed by atoms with Gasteiger partial charge in [0.05, 0.1) is 10.5 Å². The van der Waals surface area contributed by atoms with Crippen LogP contribution in [0.5, 0.6) is 11.5 Å². The van der Waals surface area contributed by atoms with Crippen LogP contribution in [0.4, 0.5) is 0 Å². The van der Waals surface area contributed by atoms with Gasteiger partial charge < -0.3 is 4.74 Å². The van der Waals surface area contributed by atoms with Crippen LogP contribution in [0.1, 0.15) is 22.8 Å². The van der Waals surface area contributed by atoms with Crippen LogP contribution in [-0.4, -0.2) is 14.2 Å². The highest BCUT2D eigenvalue weighted by Gasteiger charge is 2.15. The molecule has 2 rings (SSSR count). The number of ketones is 1. The molecule has 0 aliphatic rings. The Hall–Kier alpha value is -2.18. The van der Waals surface area contributed by atoms with E-state index in [-0.39, 0.29) is 16.2 Å². The first-order valence-electron chi connectivity index (χ1n) is 6.19. The number of hydrogen-bond acceptors (Lipinski definition) is 4. The molecule has 2 N–H and O–H groups in total. The van der Waals surface area contributed by atoms with Gasteiger partial charge in [-0.15, -0.1) is 0 Å². The highest BCUT2D eigenvalue weighted by atomic mass is 32.2. The third-order valence-corrected chi connectivity index (χ3v) is 3.82. The zero-order valence-corrected chi connectivity index (χ0v) is 12.5. The van der Waals surface area contributed by atoms with E-state index in [4.69, 9.17) is 9.88 Å². The van der Waals surface area contributed by atoms with Crippen LogP contribution in [0.2, 0.25) is 0 Å². The lowest BCUT2D eigenvalue weighted by Crippen LogP contribution is -2.13. The second-order valence-corrected chi connectivity index (χ2v) is 6.24. The maximum Gasteiger partial charge on any atom is 0.238 e. The molecular formula is C15H15NO4S. The molecule has 0 fully saturated rings. The number of rotatable bonds is 4. The lowest BCUT2D eigenvalue weighted by Gasteiger charge is -2.11. The molecule has 110 valence electrons. The van der Waals surface area contributed by atoms with E-state index in [1.807, 2.05) is 19.1 Å². The minimum absolute atomic E-state index is 0.121. The van der Waals surface area contributed by atoms with Crippen LogP contribution in [0.15, 0.2) is 47.4 Å². The van der Waals surface area contributed by atoms with Crippen molar-refractivity contribution in [3.8, 4) is 11.5 Å². The lowest BCUT2D eigenvalue weighted by molar-refractivity contribution is 0.101. The summed E-state index contributed by atoms with van der Waals surface area (Å²) in [4.78, 5) is 11.6. The summed E-state index contributed by atoms with van der Waals surface area (Å²) in [5.74, 6) is 0.549. The third kappa shape index (κ3) is 3.68. The summed E-state index contributed by atoms with van der Waals surface area (Å²) in [7, 11) is -3.86. The Morgan fingerprint density at radius 1 is 1.10 bits per heavy atom. The van der Waals surface area contributed by atoms with Gasteiger partial charge in [-0.05, 0) is 44.2 Å². The van der Waals surface area contributed by atoms with Crippen molar-refractivity contribution < 1.29 is 17.9 Å². The van der Waals surface area contributed by atoms with E-state index in [0.717, 1.165) is 5.56 Å². The van der Waals surface area contributed by atoms with E-state index in [2.05, 4.69) is 0 Å². The maximum absolute atomic E-state index is 11.7. The van der Waals surface area contributed by atoms with E-state index in [1.165, 1.54) is 25.1 Å². The minimum Gasteiger partial charge on any atom is -0.457 e. The Morgan fingerprint density at radius 2 is 1.71 bits per heavy atom. The molecule has 21 heavy (non-hydrogen) atoms. The van der Waals surface area contributed by atoms with Gasteiger partial charge in [-0.2, -0.15) is 0 Å². The van der Waals surface area contributed by atoms with Crippen molar-refractivity contribution in [2.24, 2.45) is 5.14 Å². The molecule has 2 aromatic carbocycles. The van der Waals surface area contributed by atoms with E-state index in [1.54, 1.807) is 12.1 Å². The smallest absolute Gasteiger partial charge is 0.238 e. The van der Waals surface area contributed by atoms with Crippen LogP contribution in [0.3, 0.4) is 0 Å². The fourth-order valence-corrected chi connectivity index (χ4v) is 2.32. The number of ether oxygens (including phenoxy) is 1. The number of nitrogens with two attached hydrogens (primary N) is 1. The van der Waals surface area contributed by atoms with Gasteiger partial charge in [-0.25, -0.2) is 13.6 Å². The molecule has 0 aliphatic heterocycles. The predicted octanol–water partition coefficient (Wildman–Crippen LogP) is 2.64. The highest BCUT2D eigenvalue weighted by molar-refractivity contribution is 7.89. The van der Waals surface area contributed by atoms with Crippen molar-refractivity contribution in [3.05, 3.63) is 53.6 Å². The van der Waals surface area contributed by atoms with E-state index in [9.17, 15) is 13.2 Å². The Bertz CT molecular complexity index is 780. The first-order chi connectivity index (χ1) is 9.77. The second kappa shape index (κ2) is 5.67. The monoisotopic (exact) mass is 305 g/mol. The van der Waals surface area contributed by atoms with Gasteiger partial charge in [0.2, 0.25) is 10.0 Å². The summed E-state index contributed by atoms with van der Waals surface area (Å²) in [6, 6.07) is 11.3. The van der Waals surface area contributed by atoms with E-state index in [0.29, 0.717) is 11.5 Å². The summed E-state index contributed by atoms with van der Waals surface area (Å²) in [6.07, 6.45) is 0. The summed E-state index contributed by atoms with van der Waals surface area (Å²) in [5, 5.41) is 5.07. The van der Waals surface area contributed by atoms with E-state index >= 15 is 0 Å². The number of carbonyl (C=O) groups is 1. The molecule has 0 atom stereocenters. The number of hydrogen-bond donors (Lipinski definition) is 1. The molecule has 0 saturated carbocycles. The van der Waals surface area contributed by atoms with Crippen LogP contribution in [-0.2, 0) is 10.0 Å². The summed E-state index contributed by atoms with van der Waals surface area (Å²) < 4.78 is 28.3. The number of benzene rings is 2. The molecule has 2 aromatic rings. The molecule has 0 spiro atoms. The number of aryl methyl sites for hydroxylation is 1. The predicted molar refractivity (Wildman–Crippen MR) is 79.1 cm³/mol. The standard InChI is InChI=1S/C15H15NO4S/c1-10-3-5-12(6-4-10)20-15-8-7-13(21(16,18)19)9-14(15)11(2)17/h3-9H,1-2H3,(H2,16,18,19). The molecule has 0 aliphatic carbocycles. The Labute approximate surface area is 123 Å². The van der Waals surface area contributed by atoms with Crippen LogP contribution < -0.4 is 9.88 Å². The molecular weight excluding hydrogens is 290 g/mol. The van der Waals surface area contributed by atoms with Crippen molar-refractivity contribution in [2.45, 2.75) is 18.7 Å². The fraction of sp³-hybridized carbons (Fsp3) is 0.133. The Kier molecular flexibility index (Phi) is 4.11. The van der Waals surface area contributed by atoms with Crippen molar-refractivity contribution in [3.63, 3.8) is 0 Å². The van der Waals surface area contributed by atoms with Crippen molar-refractivity contribution in [1.82, 2.24) is 0 Å². The largest absolute Gasteiger partial charge is 0.457 e. The van der Waals surface area contributed by atoms with E-state index < -0.39 is 10.0 Å². The highest BCUT2D eigenvalue weighted by Crippen LogP contribution is 2.28. The topological polar surface area (TPSA) is 86.5 Å². The molecule has 0 radical (unpaired) electrons. The summed E-state index contributed by atoms with van der Waals surface area (Å²) >= 11 is 0. The van der Waals surface area contributed by atoms with Gasteiger partial charge in [0, 0.05) is 0 Å². The SMILES string of the molecule is CC(=O)c1cc(S(N)(=O)=O)ccc1Oc1ccc(C)cc1. The molecule has 0 saturated heterocycles. The second-order valence-electron chi connectivity index (χ2n) is 4.67. The zero-order valence-electron chi connectivity index (χ0n) is 11.7. The number of Topliss-reactive ketones (excluding diaryl/α,β-unsaturated/α-hetero) is 1. The van der Waals surface area contributed by atoms with Crippen molar-refractivity contribution in [2.75, 3.05) is 0 Å². The molecule has 0 bridgehead atoms. The first kappa shape index (κ1) is 15.2. The van der Waals surface area contributed by atoms with Gasteiger partial charge in [0.15, 0.2) is 5.78 Å². The van der Waals surface area contributed by atoms with Gasteiger partial charge in [-0.1, -0.05) is 17.7 Å². The van der Waals surface area contributed by atoms with Crippen LogP contribution in [0, 0.1) is 6.92 Å². The van der Waals surface area contributed by atoms with Crippen molar-refractivity contribution in [1.29, 1.82) is 0 Å². The van der Waals surface area contributed by atoms with Crippen LogP contribution in [0.25, 0.3) is 0 Å². The molecule has 6 heteroatoms. The quantitative estimate of drug-likeness (QED) is 0.880. The Morgan fingerprint density at radius 3 is 2.24 bits per heavy atom. The molecule has 5 nitrogen and oxygen atoms in total. The normalized spacial score (nSPS) is 11.2. The van der Waals surface area contributed by atoms with Gasteiger partial charge in [-0.3, -0.25) is 4.79 Å². The number of sulfonamides is 1. The average molecular weight is 305 g/mol. The van der Waals surface area contributed by atoms with Crippen LogP contribution >= 0.6 is 0 Å². The Balaban J connectivity index is 2.44. The molecule has 0 aromatic heterocycles. The zero-order chi connectivity index (χ0) is 15.6. The van der Waals surface area contributed by atoms with Gasteiger partial charge in [0.1, 0.15) is 11.5 Å². The average Bonchev–Trinajstić information content (AvgIpc) is 2.40. The molecule has 0 amide bonds. The molecule has 0 heterocycles. The third-order valence-electron chi connectivity index (χ3n) is 2.91. The maximum atomic E-state index is 11.7.